The fraction of sp³-hybridized carbons (Fsp3) is 0.500. The lowest BCUT2D eigenvalue weighted by atomic mass is 10.1. The van der Waals surface area contributed by atoms with Gasteiger partial charge in [0, 0.05) is 12.2 Å². The smallest absolute Gasteiger partial charge is 0.244 e. The second-order valence-corrected chi connectivity index (χ2v) is 5.79. The van der Waals surface area contributed by atoms with Gasteiger partial charge in [0.2, 0.25) is 11.8 Å². The summed E-state index contributed by atoms with van der Waals surface area (Å²) in [6.45, 7) is 6.28. The summed E-state index contributed by atoms with van der Waals surface area (Å²) in [4.78, 5) is 25.9. The van der Waals surface area contributed by atoms with Gasteiger partial charge in [-0.15, -0.1) is 12.4 Å². The largest absolute Gasteiger partial charge is 0.332 e. The maximum atomic E-state index is 12.2. The summed E-state index contributed by atoms with van der Waals surface area (Å²) in [6.07, 6.45) is 1.42. The number of rotatable bonds is 5. The van der Waals surface area contributed by atoms with Crippen molar-refractivity contribution in [1.82, 2.24) is 4.90 Å². The Morgan fingerprint density at radius 3 is 2.27 bits per heavy atom. The van der Waals surface area contributed by atoms with E-state index in [0.717, 1.165) is 16.8 Å². The highest BCUT2D eigenvalue weighted by Crippen LogP contribution is 2.34. The first-order valence-electron chi connectivity index (χ1n) is 7.31. The van der Waals surface area contributed by atoms with Crippen molar-refractivity contribution < 1.29 is 9.59 Å². The topological polar surface area (TPSA) is 75.4 Å². The van der Waals surface area contributed by atoms with Crippen LogP contribution in [-0.2, 0) is 9.59 Å². The lowest BCUT2D eigenvalue weighted by Gasteiger charge is -2.24. The lowest BCUT2D eigenvalue weighted by Crippen LogP contribution is -2.48. The fourth-order valence-electron chi connectivity index (χ4n) is 2.35. The highest BCUT2D eigenvalue weighted by atomic mass is 35.5. The molecule has 0 aliphatic heterocycles. The number of anilines is 1. The van der Waals surface area contributed by atoms with Crippen molar-refractivity contribution in [2.24, 2.45) is 5.73 Å². The molecule has 1 aliphatic carbocycles. The molecule has 0 saturated heterocycles. The van der Waals surface area contributed by atoms with Gasteiger partial charge < -0.3 is 16.0 Å². The van der Waals surface area contributed by atoms with Gasteiger partial charge in [0.15, 0.2) is 0 Å². The van der Waals surface area contributed by atoms with Gasteiger partial charge >= 0.3 is 0 Å². The van der Waals surface area contributed by atoms with Gasteiger partial charge in [-0.2, -0.15) is 0 Å². The quantitative estimate of drug-likeness (QED) is 0.869. The molecule has 3 N–H and O–H groups in total. The Labute approximate surface area is 137 Å². The highest BCUT2D eigenvalue weighted by Gasteiger charge is 2.48. The summed E-state index contributed by atoms with van der Waals surface area (Å²) in [5.74, 6) is -0.312. The molecule has 22 heavy (non-hydrogen) atoms. The summed E-state index contributed by atoms with van der Waals surface area (Å²) >= 11 is 0. The van der Waals surface area contributed by atoms with Crippen molar-refractivity contribution in [3.63, 3.8) is 0 Å². The van der Waals surface area contributed by atoms with Gasteiger partial charge in [-0.1, -0.05) is 18.2 Å². The van der Waals surface area contributed by atoms with Crippen LogP contribution < -0.4 is 11.1 Å². The molecule has 5 nitrogen and oxygen atoms in total. The van der Waals surface area contributed by atoms with E-state index in [1.807, 2.05) is 39.0 Å². The minimum Gasteiger partial charge on any atom is -0.332 e. The molecule has 122 valence electrons. The molecule has 0 atom stereocenters. The minimum absolute atomic E-state index is 0. The van der Waals surface area contributed by atoms with Crippen LogP contribution in [0.5, 0.6) is 0 Å². The van der Waals surface area contributed by atoms with Gasteiger partial charge in [0.25, 0.3) is 0 Å². The number of aryl methyl sites for hydroxylation is 2. The Bertz CT molecular complexity index is 550. The molecule has 1 fully saturated rings. The second kappa shape index (κ2) is 7.11. The number of nitrogens with two attached hydrogens (primary N) is 1. The van der Waals surface area contributed by atoms with Gasteiger partial charge in [-0.05, 0) is 44.7 Å². The maximum absolute atomic E-state index is 12.2. The first kappa shape index (κ1) is 18.5. The van der Waals surface area contributed by atoms with Gasteiger partial charge in [0.1, 0.15) is 0 Å². The summed E-state index contributed by atoms with van der Waals surface area (Å²) < 4.78 is 0. The molecule has 1 aromatic rings. The molecular weight excluding hydrogens is 302 g/mol. The first-order chi connectivity index (χ1) is 9.87. The third-order valence-electron chi connectivity index (χ3n) is 3.96. The van der Waals surface area contributed by atoms with E-state index in [2.05, 4.69) is 5.32 Å². The Kier molecular flexibility index (Phi) is 5.97. The van der Waals surface area contributed by atoms with Crippen molar-refractivity contribution in [2.45, 2.75) is 39.2 Å². The summed E-state index contributed by atoms with van der Waals surface area (Å²) in [5.41, 5.74) is 8.03. The Morgan fingerprint density at radius 1 is 1.27 bits per heavy atom. The van der Waals surface area contributed by atoms with Crippen LogP contribution in [0.15, 0.2) is 18.2 Å². The van der Waals surface area contributed by atoms with Crippen LogP contribution in [0.2, 0.25) is 0 Å². The average Bonchev–Trinajstić information content (AvgIpc) is 3.19. The number of para-hydroxylation sites is 1. The number of halogens is 1. The number of benzene rings is 1. The van der Waals surface area contributed by atoms with E-state index < -0.39 is 5.54 Å². The fourth-order valence-corrected chi connectivity index (χ4v) is 2.35. The maximum Gasteiger partial charge on any atom is 0.244 e. The average molecular weight is 326 g/mol. The number of nitrogens with zero attached hydrogens (tertiary/aromatic N) is 1. The van der Waals surface area contributed by atoms with Crippen LogP contribution in [0.3, 0.4) is 0 Å². The molecule has 0 aromatic heterocycles. The SMILES string of the molecule is CCN(CC(=O)Nc1c(C)cccc1C)C(=O)C1(N)CC1.Cl. The van der Waals surface area contributed by atoms with Crippen LogP contribution in [0, 0.1) is 13.8 Å². The summed E-state index contributed by atoms with van der Waals surface area (Å²) in [6, 6.07) is 5.85. The molecule has 0 radical (unpaired) electrons. The van der Waals surface area contributed by atoms with Gasteiger partial charge in [-0.25, -0.2) is 0 Å². The Balaban J connectivity index is 0.00000242. The van der Waals surface area contributed by atoms with Crippen LogP contribution in [0.1, 0.15) is 30.9 Å². The first-order valence-corrected chi connectivity index (χ1v) is 7.31. The van der Waals surface area contributed by atoms with Crippen molar-refractivity contribution in [3.05, 3.63) is 29.3 Å². The number of hydrogen-bond acceptors (Lipinski definition) is 3. The number of likely N-dealkylation sites (N-methyl/N-ethyl adjacent to an activating group) is 1. The molecule has 0 heterocycles. The highest BCUT2D eigenvalue weighted by molar-refractivity contribution is 5.97. The molecule has 1 saturated carbocycles. The standard InChI is InChI=1S/C16H23N3O2.ClH/c1-4-19(15(21)16(17)8-9-16)10-13(20)18-14-11(2)6-5-7-12(14)3;/h5-7H,4,8-10,17H2,1-3H3,(H,18,20);1H. The van der Waals surface area contributed by atoms with Gasteiger partial charge in [0.05, 0.1) is 12.1 Å². The van der Waals surface area contributed by atoms with E-state index in [0.29, 0.717) is 19.4 Å². The molecule has 0 spiro atoms. The van der Waals surface area contributed by atoms with Crippen LogP contribution in [-0.4, -0.2) is 35.3 Å². The number of amides is 2. The zero-order chi connectivity index (χ0) is 15.6. The van der Waals surface area contributed by atoms with Crippen LogP contribution in [0.25, 0.3) is 0 Å². The summed E-state index contributed by atoms with van der Waals surface area (Å²) in [5, 5.41) is 2.90. The van der Waals surface area contributed by atoms with E-state index >= 15 is 0 Å². The number of hydrogen-bond donors (Lipinski definition) is 2. The molecule has 2 amide bonds. The molecule has 0 unspecified atom stereocenters. The van der Waals surface area contributed by atoms with E-state index in [4.69, 9.17) is 5.73 Å². The lowest BCUT2D eigenvalue weighted by molar-refractivity contribution is -0.136. The second-order valence-electron chi connectivity index (χ2n) is 5.79. The monoisotopic (exact) mass is 325 g/mol. The molecule has 1 aliphatic rings. The van der Waals surface area contributed by atoms with Crippen molar-refractivity contribution in [2.75, 3.05) is 18.4 Å². The molecule has 2 rings (SSSR count). The molecular formula is C16H24ClN3O2. The van der Waals surface area contributed by atoms with E-state index in [9.17, 15) is 9.59 Å². The van der Waals surface area contributed by atoms with Gasteiger partial charge in [-0.3, -0.25) is 9.59 Å². The van der Waals surface area contributed by atoms with E-state index in [1.54, 1.807) is 0 Å². The molecule has 0 bridgehead atoms. The van der Waals surface area contributed by atoms with E-state index in [1.165, 1.54) is 4.90 Å². The van der Waals surface area contributed by atoms with Crippen molar-refractivity contribution in [3.8, 4) is 0 Å². The molecule has 1 aromatic carbocycles. The van der Waals surface area contributed by atoms with Crippen LogP contribution >= 0.6 is 12.4 Å². The number of carbonyl (C=O) groups is 2. The third-order valence-corrected chi connectivity index (χ3v) is 3.96. The summed E-state index contributed by atoms with van der Waals surface area (Å²) in [7, 11) is 0. The Hall–Kier alpha value is -1.59. The zero-order valence-corrected chi connectivity index (χ0v) is 14.1. The van der Waals surface area contributed by atoms with Crippen molar-refractivity contribution >= 4 is 29.9 Å². The van der Waals surface area contributed by atoms with Crippen LogP contribution in [0.4, 0.5) is 5.69 Å². The third kappa shape index (κ3) is 3.99. The van der Waals surface area contributed by atoms with E-state index in [-0.39, 0.29) is 30.8 Å². The predicted molar refractivity (Wildman–Crippen MR) is 90.2 cm³/mol. The number of nitrogens with one attached hydrogen (secondary N) is 1. The minimum atomic E-state index is -0.727. The normalized spacial score (nSPS) is 14.7. The predicted octanol–water partition coefficient (Wildman–Crippen LogP) is 2.00. The number of carbonyl (C=O) groups excluding carboxylic acids is 2. The molecule has 6 heteroatoms. The Morgan fingerprint density at radius 2 is 1.82 bits per heavy atom. The van der Waals surface area contributed by atoms with Crippen molar-refractivity contribution in [1.29, 1.82) is 0 Å². The zero-order valence-electron chi connectivity index (χ0n) is 13.3.